The predicted molar refractivity (Wildman–Crippen MR) is 106 cm³/mol. The molecule has 0 spiro atoms. The topological polar surface area (TPSA) is 52.7 Å². The molecule has 0 unspecified atom stereocenters. The lowest BCUT2D eigenvalue weighted by molar-refractivity contribution is -0.117. The summed E-state index contributed by atoms with van der Waals surface area (Å²) in [5.41, 5.74) is 1.34. The minimum atomic E-state index is -0.0247. The average Bonchev–Trinajstić information content (AvgIpc) is 2.62. The fourth-order valence-electron chi connectivity index (χ4n) is 3.43. The number of amides is 2. The highest BCUT2D eigenvalue weighted by Crippen LogP contribution is 2.19. The molecule has 1 fully saturated rings. The average molecular weight is 360 g/mol. The fourth-order valence-corrected chi connectivity index (χ4v) is 3.43. The second-order valence-corrected chi connectivity index (χ2v) is 7.38. The lowest BCUT2D eigenvalue weighted by atomic mass is 9.98. The van der Waals surface area contributed by atoms with E-state index >= 15 is 0 Å². The van der Waals surface area contributed by atoms with Crippen molar-refractivity contribution in [2.75, 3.05) is 38.0 Å². The summed E-state index contributed by atoms with van der Waals surface area (Å²) < 4.78 is 0. The highest BCUT2D eigenvalue weighted by atomic mass is 16.2. The van der Waals surface area contributed by atoms with Crippen LogP contribution in [-0.4, -0.2) is 54.3 Å². The van der Waals surface area contributed by atoms with Crippen molar-refractivity contribution >= 4 is 17.5 Å². The monoisotopic (exact) mass is 359 g/mol. The molecule has 1 saturated heterocycles. The standard InChI is InChI=1S/C21H33N3O2/c1-4-11-23(12-5-2)16-20(25)22-19-8-6-7-18(15-19)21(26)24-13-9-17(3)10-14-24/h6-8,15,17H,4-5,9-14,16H2,1-3H3,(H,22,25). The summed E-state index contributed by atoms with van der Waals surface area (Å²) in [7, 11) is 0. The van der Waals surface area contributed by atoms with Crippen molar-refractivity contribution in [2.24, 2.45) is 5.92 Å². The summed E-state index contributed by atoms with van der Waals surface area (Å²) in [6.45, 7) is 10.4. The van der Waals surface area contributed by atoms with Gasteiger partial charge in [-0.25, -0.2) is 0 Å². The van der Waals surface area contributed by atoms with Crippen molar-refractivity contribution in [3.63, 3.8) is 0 Å². The smallest absolute Gasteiger partial charge is 0.253 e. The Kier molecular flexibility index (Phi) is 8.10. The molecule has 144 valence electrons. The van der Waals surface area contributed by atoms with Gasteiger partial charge in [0.1, 0.15) is 0 Å². The number of carbonyl (C=O) groups excluding carboxylic acids is 2. The van der Waals surface area contributed by atoms with Crippen LogP contribution in [0.15, 0.2) is 24.3 Å². The van der Waals surface area contributed by atoms with Gasteiger partial charge in [0.25, 0.3) is 5.91 Å². The Morgan fingerprint density at radius 1 is 1.15 bits per heavy atom. The number of piperidine rings is 1. The number of benzene rings is 1. The number of anilines is 1. The van der Waals surface area contributed by atoms with Crippen molar-refractivity contribution < 1.29 is 9.59 Å². The zero-order valence-electron chi connectivity index (χ0n) is 16.5. The first-order chi connectivity index (χ1) is 12.5. The van der Waals surface area contributed by atoms with Gasteiger partial charge in [-0.1, -0.05) is 26.8 Å². The molecule has 2 amide bonds. The second kappa shape index (κ2) is 10.3. The molecule has 1 aliphatic heterocycles. The fraction of sp³-hybridized carbons (Fsp3) is 0.619. The van der Waals surface area contributed by atoms with E-state index in [1.54, 1.807) is 6.07 Å². The normalized spacial score (nSPS) is 15.3. The van der Waals surface area contributed by atoms with E-state index in [1.165, 1.54) is 0 Å². The molecule has 0 saturated carbocycles. The number of likely N-dealkylation sites (tertiary alicyclic amines) is 1. The molecule has 0 aliphatic carbocycles. The van der Waals surface area contributed by atoms with Crippen LogP contribution in [0.25, 0.3) is 0 Å². The highest BCUT2D eigenvalue weighted by molar-refractivity contribution is 5.97. The Bertz CT molecular complexity index is 589. The second-order valence-electron chi connectivity index (χ2n) is 7.38. The van der Waals surface area contributed by atoms with E-state index in [-0.39, 0.29) is 11.8 Å². The molecule has 2 rings (SSSR count). The number of nitrogens with one attached hydrogen (secondary N) is 1. The van der Waals surface area contributed by atoms with Crippen LogP contribution in [0.2, 0.25) is 0 Å². The highest BCUT2D eigenvalue weighted by Gasteiger charge is 2.21. The lowest BCUT2D eigenvalue weighted by Gasteiger charge is -2.30. The summed E-state index contributed by atoms with van der Waals surface area (Å²) in [6.07, 6.45) is 4.19. The molecule has 0 aromatic heterocycles. The minimum Gasteiger partial charge on any atom is -0.339 e. The maximum Gasteiger partial charge on any atom is 0.253 e. The molecular weight excluding hydrogens is 326 g/mol. The van der Waals surface area contributed by atoms with E-state index in [1.807, 2.05) is 23.1 Å². The van der Waals surface area contributed by atoms with Crippen molar-refractivity contribution in [1.82, 2.24) is 9.80 Å². The van der Waals surface area contributed by atoms with Gasteiger partial charge in [0.2, 0.25) is 5.91 Å². The Hall–Kier alpha value is -1.88. The zero-order valence-corrected chi connectivity index (χ0v) is 16.5. The van der Waals surface area contributed by atoms with E-state index in [2.05, 4.69) is 31.0 Å². The Morgan fingerprint density at radius 3 is 2.42 bits per heavy atom. The summed E-state index contributed by atoms with van der Waals surface area (Å²) in [4.78, 5) is 29.1. The largest absolute Gasteiger partial charge is 0.339 e. The summed E-state index contributed by atoms with van der Waals surface area (Å²) >= 11 is 0. The van der Waals surface area contributed by atoms with Crippen LogP contribution >= 0.6 is 0 Å². The van der Waals surface area contributed by atoms with E-state index in [0.29, 0.717) is 23.7 Å². The van der Waals surface area contributed by atoms with E-state index < -0.39 is 0 Å². The molecule has 1 aromatic carbocycles. The molecule has 1 N–H and O–H groups in total. The molecule has 0 bridgehead atoms. The molecule has 5 heteroatoms. The predicted octanol–water partition coefficient (Wildman–Crippen LogP) is 3.62. The van der Waals surface area contributed by atoms with Gasteiger partial charge < -0.3 is 10.2 Å². The van der Waals surface area contributed by atoms with Crippen LogP contribution in [0.3, 0.4) is 0 Å². The number of rotatable bonds is 8. The Labute approximate surface area is 157 Å². The van der Waals surface area contributed by atoms with Gasteiger partial charge in [0.05, 0.1) is 6.54 Å². The first kappa shape index (κ1) is 20.4. The van der Waals surface area contributed by atoms with Crippen LogP contribution in [0.5, 0.6) is 0 Å². The molecule has 0 atom stereocenters. The molecule has 1 heterocycles. The SMILES string of the molecule is CCCN(CCC)CC(=O)Nc1cccc(C(=O)N2CCC(C)CC2)c1. The third-order valence-electron chi connectivity index (χ3n) is 4.91. The maximum absolute atomic E-state index is 12.7. The number of hydrogen-bond acceptors (Lipinski definition) is 3. The Morgan fingerprint density at radius 2 is 1.81 bits per heavy atom. The lowest BCUT2D eigenvalue weighted by Crippen LogP contribution is -2.38. The quantitative estimate of drug-likeness (QED) is 0.771. The molecular formula is C21H33N3O2. The van der Waals surface area contributed by atoms with Crippen molar-refractivity contribution in [3.05, 3.63) is 29.8 Å². The molecule has 1 aromatic rings. The third-order valence-corrected chi connectivity index (χ3v) is 4.91. The molecule has 26 heavy (non-hydrogen) atoms. The van der Waals surface area contributed by atoms with Crippen LogP contribution in [0.1, 0.15) is 56.8 Å². The minimum absolute atomic E-state index is 0.0247. The maximum atomic E-state index is 12.7. The van der Waals surface area contributed by atoms with Crippen molar-refractivity contribution in [3.8, 4) is 0 Å². The van der Waals surface area contributed by atoms with Crippen molar-refractivity contribution in [2.45, 2.75) is 46.5 Å². The number of hydrogen-bond donors (Lipinski definition) is 1. The number of nitrogens with zero attached hydrogens (tertiary/aromatic N) is 2. The van der Waals surface area contributed by atoms with Gasteiger partial charge >= 0.3 is 0 Å². The molecule has 0 radical (unpaired) electrons. The van der Waals surface area contributed by atoms with Crippen LogP contribution < -0.4 is 5.32 Å². The van der Waals surface area contributed by atoms with Crippen LogP contribution in [-0.2, 0) is 4.79 Å². The van der Waals surface area contributed by atoms with Gasteiger partial charge in [-0.15, -0.1) is 0 Å². The van der Waals surface area contributed by atoms with Gasteiger partial charge in [-0.2, -0.15) is 0 Å². The summed E-state index contributed by atoms with van der Waals surface area (Å²) in [5, 5.41) is 2.94. The van der Waals surface area contributed by atoms with Gasteiger partial charge in [0.15, 0.2) is 0 Å². The van der Waals surface area contributed by atoms with E-state index in [9.17, 15) is 9.59 Å². The van der Waals surface area contributed by atoms with E-state index in [4.69, 9.17) is 0 Å². The third kappa shape index (κ3) is 6.13. The first-order valence-corrected chi connectivity index (χ1v) is 9.95. The van der Waals surface area contributed by atoms with Crippen LogP contribution in [0, 0.1) is 5.92 Å². The summed E-state index contributed by atoms with van der Waals surface area (Å²) in [6, 6.07) is 7.31. The van der Waals surface area contributed by atoms with E-state index in [0.717, 1.165) is 51.9 Å². The van der Waals surface area contributed by atoms with Gasteiger partial charge in [-0.05, 0) is 62.9 Å². The van der Waals surface area contributed by atoms with Crippen molar-refractivity contribution in [1.29, 1.82) is 0 Å². The Balaban J connectivity index is 1.95. The summed E-state index contributed by atoms with van der Waals surface area (Å²) in [5.74, 6) is 0.730. The molecule has 1 aliphatic rings. The van der Waals surface area contributed by atoms with Crippen LogP contribution in [0.4, 0.5) is 5.69 Å². The number of carbonyl (C=O) groups is 2. The zero-order chi connectivity index (χ0) is 18.9. The molecule has 5 nitrogen and oxygen atoms in total. The first-order valence-electron chi connectivity index (χ1n) is 9.95. The van der Waals surface area contributed by atoms with Gasteiger partial charge in [0, 0.05) is 24.3 Å². The van der Waals surface area contributed by atoms with Gasteiger partial charge in [-0.3, -0.25) is 14.5 Å².